The fourth-order valence-corrected chi connectivity index (χ4v) is 4.58. The van der Waals surface area contributed by atoms with Crippen LogP contribution in [0.25, 0.3) is 0 Å². The molecule has 1 fully saturated rings. The van der Waals surface area contributed by atoms with Gasteiger partial charge in [0.25, 0.3) is 0 Å². The molecule has 0 saturated carbocycles. The highest BCUT2D eigenvalue weighted by molar-refractivity contribution is 6.09. The first-order chi connectivity index (χ1) is 14.7. The third-order valence-electron chi connectivity index (χ3n) is 6.38. The Balaban J connectivity index is 1.21. The zero-order valence-electron chi connectivity index (χ0n) is 17.1. The maximum Gasteiger partial charge on any atom is 0.148 e. The summed E-state index contributed by atoms with van der Waals surface area (Å²) in [7, 11) is 2.19. The summed E-state index contributed by atoms with van der Waals surface area (Å²) in [6.07, 6.45) is 3.40. The van der Waals surface area contributed by atoms with Gasteiger partial charge in [-0.25, -0.2) is 4.99 Å². The summed E-state index contributed by atoms with van der Waals surface area (Å²) in [5, 5.41) is 0. The monoisotopic (exact) mass is 396 g/mol. The molecule has 0 aliphatic carbocycles. The Morgan fingerprint density at radius 3 is 2.33 bits per heavy atom. The molecule has 6 rings (SSSR count). The molecular formula is C25H24N4O. The summed E-state index contributed by atoms with van der Waals surface area (Å²) in [6, 6.07) is 17.1. The molecular weight excluding hydrogens is 372 g/mol. The van der Waals surface area contributed by atoms with E-state index in [0.29, 0.717) is 0 Å². The molecule has 0 N–H and O–H groups in total. The van der Waals surface area contributed by atoms with Crippen molar-refractivity contribution in [2.75, 3.05) is 38.1 Å². The van der Waals surface area contributed by atoms with Crippen molar-refractivity contribution in [1.29, 1.82) is 0 Å². The summed E-state index contributed by atoms with van der Waals surface area (Å²) in [5.74, 6) is 0.856. The third-order valence-corrected chi connectivity index (χ3v) is 6.38. The van der Waals surface area contributed by atoms with E-state index in [-0.39, 0.29) is 0 Å². The van der Waals surface area contributed by atoms with Crippen molar-refractivity contribution in [3.8, 4) is 0 Å². The Morgan fingerprint density at radius 1 is 0.800 bits per heavy atom. The minimum absolute atomic E-state index is 0.810. The molecule has 3 aliphatic rings. The maximum absolute atomic E-state index is 5.53. The average Bonchev–Trinajstić information content (AvgIpc) is 3.51. The molecule has 2 aromatic carbocycles. The molecule has 0 bridgehead atoms. The van der Waals surface area contributed by atoms with Crippen LogP contribution in [0.1, 0.15) is 22.5 Å². The van der Waals surface area contributed by atoms with Gasteiger partial charge in [-0.05, 0) is 66.2 Å². The lowest BCUT2D eigenvalue weighted by Crippen LogP contribution is -2.44. The number of fused-ring (bicyclic) bond motifs is 2. The van der Waals surface area contributed by atoms with Crippen molar-refractivity contribution in [3.05, 3.63) is 77.2 Å². The van der Waals surface area contributed by atoms with Crippen molar-refractivity contribution in [3.63, 3.8) is 0 Å². The quantitative estimate of drug-likeness (QED) is 0.660. The van der Waals surface area contributed by atoms with Crippen LogP contribution >= 0.6 is 0 Å². The minimum atomic E-state index is 0.810. The average molecular weight is 396 g/mol. The van der Waals surface area contributed by atoms with Gasteiger partial charge in [0.05, 0.1) is 29.1 Å². The highest BCUT2D eigenvalue weighted by atomic mass is 16.3. The van der Waals surface area contributed by atoms with Crippen molar-refractivity contribution < 1.29 is 4.42 Å². The first kappa shape index (κ1) is 17.7. The first-order valence-corrected chi connectivity index (χ1v) is 10.6. The van der Waals surface area contributed by atoms with E-state index >= 15 is 0 Å². The standard InChI is InChI=1S/C25H24N4O/c1-28-8-10-29(11-9-28)20-5-7-22-19(14-20)15-23(26-22)17-4-6-21-18(13-17)16-24(27-21)25-3-2-12-30-25/h2-7,12-14H,8-11,15-16H2,1H3. The van der Waals surface area contributed by atoms with Crippen molar-refractivity contribution in [1.82, 2.24) is 4.90 Å². The number of aliphatic imine (C=N–C) groups is 2. The Bertz CT molecular complexity index is 1170. The number of likely N-dealkylation sites (N-methyl/N-ethyl adjacent to an activating group) is 1. The molecule has 1 saturated heterocycles. The second-order valence-electron chi connectivity index (χ2n) is 8.39. The normalized spacial score (nSPS) is 18.2. The number of piperazine rings is 1. The van der Waals surface area contributed by atoms with Crippen LogP contribution in [-0.2, 0) is 12.8 Å². The van der Waals surface area contributed by atoms with E-state index in [1.165, 1.54) is 22.4 Å². The summed E-state index contributed by atoms with van der Waals surface area (Å²) >= 11 is 0. The summed E-state index contributed by atoms with van der Waals surface area (Å²) in [4.78, 5) is 14.6. The number of rotatable bonds is 3. The highest BCUT2D eigenvalue weighted by Crippen LogP contribution is 2.35. The molecule has 1 aromatic heterocycles. The minimum Gasteiger partial charge on any atom is -0.463 e. The van der Waals surface area contributed by atoms with Gasteiger partial charge >= 0.3 is 0 Å². The van der Waals surface area contributed by atoms with Crippen molar-refractivity contribution in [2.24, 2.45) is 9.98 Å². The fourth-order valence-electron chi connectivity index (χ4n) is 4.58. The van der Waals surface area contributed by atoms with E-state index < -0.39 is 0 Å². The second-order valence-corrected chi connectivity index (χ2v) is 8.39. The van der Waals surface area contributed by atoms with Gasteiger partial charge in [0.2, 0.25) is 0 Å². The SMILES string of the molecule is CN1CCN(c2ccc3c(c2)CC(c2ccc4c(c2)CC(c2ccco2)=N4)=N3)CC1. The van der Waals surface area contributed by atoms with Gasteiger partial charge in [-0.15, -0.1) is 0 Å². The maximum atomic E-state index is 5.53. The van der Waals surface area contributed by atoms with E-state index in [9.17, 15) is 0 Å². The molecule has 0 atom stereocenters. The number of furan rings is 1. The molecule has 5 nitrogen and oxygen atoms in total. The number of benzene rings is 2. The zero-order valence-corrected chi connectivity index (χ0v) is 17.1. The van der Waals surface area contributed by atoms with Crippen LogP contribution in [0.2, 0.25) is 0 Å². The number of hydrogen-bond donors (Lipinski definition) is 0. The Hall–Kier alpha value is -3.18. The number of anilines is 1. The Morgan fingerprint density at radius 2 is 1.53 bits per heavy atom. The molecule has 0 unspecified atom stereocenters. The number of hydrogen-bond acceptors (Lipinski definition) is 5. The smallest absolute Gasteiger partial charge is 0.148 e. The fraction of sp³-hybridized carbons (Fsp3) is 0.280. The van der Waals surface area contributed by atoms with Gasteiger partial charge in [0.1, 0.15) is 5.76 Å². The van der Waals surface area contributed by atoms with Crippen LogP contribution < -0.4 is 4.90 Å². The third kappa shape index (κ3) is 3.06. The van der Waals surface area contributed by atoms with E-state index in [1.807, 2.05) is 12.1 Å². The van der Waals surface area contributed by atoms with E-state index in [0.717, 1.165) is 67.6 Å². The summed E-state index contributed by atoms with van der Waals surface area (Å²) in [6.45, 7) is 4.42. The molecule has 30 heavy (non-hydrogen) atoms. The van der Waals surface area contributed by atoms with Crippen LogP contribution in [0.5, 0.6) is 0 Å². The van der Waals surface area contributed by atoms with Gasteiger partial charge in [-0.3, -0.25) is 4.99 Å². The highest BCUT2D eigenvalue weighted by Gasteiger charge is 2.22. The zero-order chi connectivity index (χ0) is 20.1. The molecule has 3 aliphatic heterocycles. The topological polar surface area (TPSA) is 44.3 Å². The van der Waals surface area contributed by atoms with Crippen LogP contribution in [0.4, 0.5) is 17.1 Å². The lowest BCUT2D eigenvalue weighted by molar-refractivity contribution is 0.313. The van der Waals surface area contributed by atoms with Gasteiger partial charge < -0.3 is 14.2 Å². The Kier molecular flexibility index (Phi) is 4.09. The predicted molar refractivity (Wildman–Crippen MR) is 121 cm³/mol. The Labute approximate surface area is 176 Å². The largest absolute Gasteiger partial charge is 0.463 e. The van der Waals surface area contributed by atoms with E-state index in [2.05, 4.69) is 53.2 Å². The molecule has 150 valence electrons. The summed E-state index contributed by atoms with van der Waals surface area (Å²) < 4.78 is 5.53. The van der Waals surface area contributed by atoms with Gasteiger partial charge in [-0.1, -0.05) is 6.07 Å². The van der Waals surface area contributed by atoms with E-state index in [1.54, 1.807) is 6.26 Å². The van der Waals surface area contributed by atoms with Crippen molar-refractivity contribution >= 4 is 28.5 Å². The first-order valence-electron chi connectivity index (χ1n) is 10.6. The van der Waals surface area contributed by atoms with Crippen LogP contribution in [0.3, 0.4) is 0 Å². The van der Waals surface area contributed by atoms with Gasteiger partial charge in [0, 0.05) is 44.7 Å². The molecule has 0 amide bonds. The van der Waals surface area contributed by atoms with E-state index in [4.69, 9.17) is 14.4 Å². The molecule has 0 radical (unpaired) electrons. The molecule has 5 heteroatoms. The second kappa shape index (κ2) is 6.96. The van der Waals surface area contributed by atoms with Crippen LogP contribution in [0, 0.1) is 0 Å². The molecule has 3 aromatic rings. The number of nitrogens with zero attached hydrogens (tertiary/aromatic N) is 4. The predicted octanol–water partition coefficient (Wildman–Crippen LogP) is 4.39. The van der Waals surface area contributed by atoms with Gasteiger partial charge in [-0.2, -0.15) is 0 Å². The molecule has 0 spiro atoms. The lowest BCUT2D eigenvalue weighted by atomic mass is 9.99. The van der Waals surface area contributed by atoms with Gasteiger partial charge in [0.15, 0.2) is 0 Å². The van der Waals surface area contributed by atoms with Crippen LogP contribution in [0.15, 0.2) is 69.2 Å². The molecule has 4 heterocycles. The summed E-state index contributed by atoms with van der Waals surface area (Å²) in [5.41, 5.74) is 9.39. The van der Waals surface area contributed by atoms with Crippen molar-refractivity contribution in [2.45, 2.75) is 12.8 Å². The lowest BCUT2D eigenvalue weighted by Gasteiger charge is -2.34. The van der Waals surface area contributed by atoms with Crippen LogP contribution in [-0.4, -0.2) is 49.5 Å².